The van der Waals surface area contributed by atoms with E-state index in [2.05, 4.69) is 39.7 Å². The first-order valence-corrected chi connectivity index (χ1v) is 11.0. The molecule has 1 N–H and O–H groups in total. The lowest BCUT2D eigenvalue weighted by molar-refractivity contribution is -0.131. The minimum Gasteiger partial charge on any atom is -0.361 e. The number of nitrogens with one attached hydrogen (secondary N) is 1. The number of rotatable bonds is 5. The Morgan fingerprint density at radius 3 is 2.81 bits per heavy atom. The second-order valence-electron chi connectivity index (χ2n) is 8.18. The summed E-state index contributed by atoms with van der Waals surface area (Å²) in [4.78, 5) is 27.5. The molecule has 1 amide bonds. The zero-order valence-electron chi connectivity index (χ0n) is 17.8. The Kier molecular flexibility index (Phi) is 5.28. The largest absolute Gasteiger partial charge is 0.361 e. The highest BCUT2D eigenvalue weighted by atomic mass is 16.2. The molecule has 1 saturated heterocycles. The zero-order chi connectivity index (χ0) is 21.2. The minimum absolute atomic E-state index is 0.205. The zero-order valence-corrected chi connectivity index (χ0v) is 17.8. The molecule has 5 rings (SSSR count). The van der Waals surface area contributed by atoms with Crippen LogP contribution in [0.5, 0.6) is 0 Å². The standard InChI is InChI=1S/C25H27N5O/c1-2-23-26-12-15-30(23)24-9-5-8-21(28-24)18-10-13-29(14-11-18)25(31)16-19-17-27-22-7-4-3-6-20(19)22/h3-9,12,15,17-18,27H,2,10-11,13-14,16H2,1H3. The van der Waals surface area contributed by atoms with Crippen LogP contribution in [-0.4, -0.2) is 43.4 Å². The van der Waals surface area contributed by atoms with Gasteiger partial charge in [-0.2, -0.15) is 0 Å². The summed E-state index contributed by atoms with van der Waals surface area (Å²) < 4.78 is 2.06. The lowest BCUT2D eigenvalue weighted by Crippen LogP contribution is -2.38. The van der Waals surface area contributed by atoms with Crippen LogP contribution in [0.4, 0.5) is 0 Å². The van der Waals surface area contributed by atoms with E-state index in [0.29, 0.717) is 12.3 Å². The van der Waals surface area contributed by atoms with Gasteiger partial charge < -0.3 is 9.88 Å². The number of aromatic amines is 1. The number of hydrogen-bond acceptors (Lipinski definition) is 3. The summed E-state index contributed by atoms with van der Waals surface area (Å²) in [5.74, 6) is 2.52. The number of imidazole rings is 1. The first kappa shape index (κ1) is 19.5. The van der Waals surface area contributed by atoms with Gasteiger partial charge in [-0.3, -0.25) is 9.36 Å². The Balaban J connectivity index is 1.24. The van der Waals surface area contributed by atoms with Crippen LogP contribution in [0.25, 0.3) is 16.7 Å². The van der Waals surface area contributed by atoms with Gasteiger partial charge in [0.15, 0.2) is 0 Å². The second-order valence-corrected chi connectivity index (χ2v) is 8.18. The monoisotopic (exact) mass is 413 g/mol. The predicted molar refractivity (Wildman–Crippen MR) is 121 cm³/mol. The molecule has 1 aliphatic heterocycles. The number of H-pyrrole nitrogens is 1. The number of aromatic nitrogens is 4. The number of pyridine rings is 1. The summed E-state index contributed by atoms with van der Waals surface area (Å²) in [6, 6.07) is 14.4. The Labute approximate surface area is 181 Å². The highest BCUT2D eigenvalue weighted by Gasteiger charge is 2.25. The second kappa shape index (κ2) is 8.38. The molecule has 0 atom stereocenters. The number of carbonyl (C=O) groups excluding carboxylic acids is 1. The summed E-state index contributed by atoms with van der Waals surface area (Å²) in [5, 5.41) is 1.14. The highest BCUT2D eigenvalue weighted by Crippen LogP contribution is 2.28. The van der Waals surface area contributed by atoms with Gasteiger partial charge >= 0.3 is 0 Å². The first-order valence-electron chi connectivity index (χ1n) is 11.0. The Bertz CT molecular complexity index is 1200. The van der Waals surface area contributed by atoms with Crippen molar-refractivity contribution in [2.24, 2.45) is 0 Å². The number of likely N-dealkylation sites (tertiary alicyclic amines) is 1. The average Bonchev–Trinajstić information content (AvgIpc) is 3.46. The van der Waals surface area contributed by atoms with Crippen molar-refractivity contribution in [2.45, 2.75) is 38.5 Å². The van der Waals surface area contributed by atoms with Crippen LogP contribution >= 0.6 is 0 Å². The molecule has 0 unspecified atom stereocenters. The third kappa shape index (κ3) is 3.85. The van der Waals surface area contributed by atoms with Gasteiger partial charge in [0.05, 0.1) is 6.42 Å². The summed E-state index contributed by atoms with van der Waals surface area (Å²) >= 11 is 0. The molecule has 31 heavy (non-hydrogen) atoms. The van der Waals surface area contributed by atoms with Crippen molar-refractivity contribution in [2.75, 3.05) is 13.1 Å². The number of hydrogen-bond donors (Lipinski definition) is 1. The normalized spacial score (nSPS) is 14.9. The molecule has 1 aromatic carbocycles. The van der Waals surface area contributed by atoms with E-state index in [-0.39, 0.29) is 5.91 Å². The van der Waals surface area contributed by atoms with Gasteiger partial charge in [0, 0.05) is 60.6 Å². The molecule has 6 nitrogen and oxygen atoms in total. The van der Waals surface area contributed by atoms with Gasteiger partial charge in [-0.05, 0) is 36.6 Å². The Hall–Kier alpha value is -3.41. The predicted octanol–water partition coefficient (Wildman–Crippen LogP) is 4.26. The summed E-state index contributed by atoms with van der Waals surface area (Å²) in [7, 11) is 0. The van der Waals surface area contributed by atoms with Crippen molar-refractivity contribution >= 4 is 16.8 Å². The van der Waals surface area contributed by atoms with Crippen LogP contribution < -0.4 is 0 Å². The van der Waals surface area contributed by atoms with Crippen molar-refractivity contribution in [1.29, 1.82) is 0 Å². The van der Waals surface area contributed by atoms with E-state index in [1.165, 1.54) is 0 Å². The van der Waals surface area contributed by atoms with E-state index in [1.807, 2.05) is 47.8 Å². The van der Waals surface area contributed by atoms with Crippen molar-refractivity contribution in [3.63, 3.8) is 0 Å². The molecule has 4 aromatic rings. The maximum absolute atomic E-state index is 12.9. The Morgan fingerprint density at radius 2 is 1.97 bits per heavy atom. The van der Waals surface area contributed by atoms with Crippen LogP contribution in [0, 0.1) is 0 Å². The number of aryl methyl sites for hydroxylation is 1. The van der Waals surface area contributed by atoms with Gasteiger partial charge in [0.25, 0.3) is 0 Å². The van der Waals surface area contributed by atoms with Gasteiger partial charge in [-0.1, -0.05) is 31.2 Å². The van der Waals surface area contributed by atoms with Gasteiger partial charge in [-0.25, -0.2) is 9.97 Å². The molecule has 0 spiro atoms. The SMILES string of the molecule is CCc1nccn1-c1cccc(C2CCN(C(=O)Cc3c[nH]c4ccccc34)CC2)n1. The summed E-state index contributed by atoms with van der Waals surface area (Å²) in [5.41, 5.74) is 3.26. The molecule has 0 radical (unpaired) electrons. The fraction of sp³-hybridized carbons (Fsp3) is 0.320. The number of piperidine rings is 1. The fourth-order valence-electron chi connectivity index (χ4n) is 4.58. The van der Waals surface area contributed by atoms with E-state index >= 15 is 0 Å². The number of nitrogens with zero attached hydrogens (tertiary/aromatic N) is 4. The maximum Gasteiger partial charge on any atom is 0.227 e. The quantitative estimate of drug-likeness (QED) is 0.532. The van der Waals surface area contributed by atoms with Gasteiger partial charge in [-0.15, -0.1) is 0 Å². The smallest absolute Gasteiger partial charge is 0.227 e. The molecule has 158 valence electrons. The molecular weight excluding hydrogens is 386 g/mol. The highest BCUT2D eigenvalue weighted by molar-refractivity contribution is 5.88. The average molecular weight is 414 g/mol. The molecule has 3 aromatic heterocycles. The number of amides is 1. The maximum atomic E-state index is 12.9. The van der Waals surface area contributed by atoms with E-state index in [1.54, 1.807) is 0 Å². The lowest BCUT2D eigenvalue weighted by Gasteiger charge is -2.32. The third-order valence-corrected chi connectivity index (χ3v) is 6.32. The van der Waals surface area contributed by atoms with E-state index in [4.69, 9.17) is 4.98 Å². The summed E-state index contributed by atoms with van der Waals surface area (Å²) in [6.07, 6.45) is 8.97. The van der Waals surface area contributed by atoms with Gasteiger partial charge in [0.1, 0.15) is 11.6 Å². The van der Waals surface area contributed by atoms with Crippen LogP contribution in [-0.2, 0) is 17.6 Å². The molecule has 0 aliphatic carbocycles. The number of carbonyl (C=O) groups is 1. The Morgan fingerprint density at radius 1 is 1.13 bits per heavy atom. The number of para-hydroxylation sites is 1. The molecule has 1 fully saturated rings. The number of fused-ring (bicyclic) bond motifs is 1. The van der Waals surface area contributed by atoms with E-state index in [0.717, 1.165) is 66.2 Å². The van der Waals surface area contributed by atoms with Crippen molar-refractivity contribution in [3.8, 4) is 5.82 Å². The lowest BCUT2D eigenvalue weighted by atomic mass is 9.92. The van der Waals surface area contributed by atoms with Crippen molar-refractivity contribution in [3.05, 3.63) is 78.1 Å². The summed E-state index contributed by atoms with van der Waals surface area (Å²) in [6.45, 7) is 3.66. The molecular formula is C25H27N5O. The first-order chi connectivity index (χ1) is 15.2. The van der Waals surface area contributed by atoms with Crippen LogP contribution in [0.1, 0.15) is 42.8 Å². The topological polar surface area (TPSA) is 66.8 Å². The molecule has 6 heteroatoms. The van der Waals surface area contributed by atoms with Crippen LogP contribution in [0.3, 0.4) is 0 Å². The van der Waals surface area contributed by atoms with E-state index in [9.17, 15) is 4.79 Å². The van der Waals surface area contributed by atoms with Crippen molar-refractivity contribution in [1.82, 2.24) is 24.4 Å². The van der Waals surface area contributed by atoms with Crippen molar-refractivity contribution < 1.29 is 4.79 Å². The number of benzene rings is 1. The molecule has 1 aliphatic rings. The minimum atomic E-state index is 0.205. The van der Waals surface area contributed by atoms with E-state index < -0.39 is 0 Å². The molecule has 0 saturated carbocycles. The van der Waals surface area contributed by atoms with Crippen LogP contribution in [0.15, 0.2) is 61.1 Å². The van der Waals surface area contributed by atoms with Crippen LogP contribution in [0.2, 0.25) is 0 Å². The van der Waals surface area contributed by atoms with Gasteiger partial charge in [0.2, 0.25) is 5.91 Å². The molecule has 4 heterocycles. The fourth-order valence-corrected chi connectivity index (χ4v) is 4.58. The third-order valence-electron chi connectivity index (χ3n) is 6.32. The molecule has 0 bridgehead atoms.